The summed E-state index contributed by atoms with van der Waals surface area (Å²) in [4.78, 5) is 28.9. The van der Waals surface area contributed by atoms with E-state index in [2.05, 4.69) is 10.2 Å². The maximum Gasteiger partial charge on any atom is 0.341 e. The van der Waals surface area contributed by atoms with E-state index in [9.17, 15) is 14.9 Å². The number of thiophene rings is 1. The Morgan fingerprint density at radius 3 is 2.67 bits per heavy atom. The summed E-state index contributed by atoms with van der Waals surface area (Å²) >= 11 is 1.40. The minimum absolute atomic E-state index is 0.0760. The van der Waals surface area contributed by atoms with Crippen molar-refractivity contribution in [3.8, 4) is 6.07 Å². The van der Waals surface area contributed by atoms with Gasteiger partial charge in [0.1, 0.15) is 22.4 Å². The first-order valence-corrected chi connectivity index (χ1v) is 12.5. The number of anilines is 2. The molecule has 0 bridgehead atoms. The lowest BCUT2D eigenvalue weighted by Crippen LogP contribution is -2.23. The fraction of sp³-hybridized carbons (Fsp3) is 0.480. The van der Waals surface area contributed by atoms with Gasteiger partial charge in [-0.2, -0.15) is 5.26 Å². The Kier molecular flexibility index (Phi) is 7.50. The molecule has 2 aromatic rings. The van der Waals surface area contributed by atoms with Gasteiger partial charge >= 0.3 is 5.97 Å². The number of carbonyl (C=O) groups excluding carboxylic acids is 2. The molecule has 0 unspecified atom stereocenters. The Balaban J connectivity index is 1.54. The summed E-state index contributed by atoms with van der Waals surface area (Å²) in [6.07, 6.45) is 9.91. The number of nitrogens with one attached hydrogen (secondary N) is 1. The number of ether oxygens (including phenoxy) is 1. The van der Waals surface area contributed by atoms with Gasteiger partial charge in [-0.25, -0.2) is 4.79 Å². The Hall–Kier alpha value is -3.05. The molecule has 3 heterocycles. The number of furan rings is 1. The fourth-order valence-electron chi connectivity index (χ4n) is 4.42. The monoisotopic (exact) mass is 467 g/mol. The quantitative estimate of drug-likeness (QED) is 0.351. The number of amides is 1. The van der Waals surface area contributed by atoms with Gasteiger partial charge in [0, 0.05) is 30.1 Å². The van der Waals surface area contributed by atoms with Gasteiger partial charge in [0.2, 0.25) is 0 Å². The largest absolute Gasteiger partial charge is 0.462 e. The van der Waals surface area contributed by atoms with Crippen molar-refractivity contribution >= 4 is 40.2 Å². The molecular formula is C25H29N3O4S. The summed E-state index contributed by atoms with van der Waals surface area (Å²) in [5.74, 6) is 0.227. The third-order valence-electron chi connectivity index (χ3n) is 6.06. The Morgan fingerprint density at radius 1 is 1.18 bits per heavy atom. The third-order valence-corrected chi connectivity index (χ3v) is 7.27. The first-order valence-electron chi connectivity index (χ1n) is 11.7. The molecule has 2 aliphatic rings. The second-order valence-electron chi connectivity index (χ2n) is 8.34. The lowest BCUT2D eigenvalue weighted by molar-refractivity contribution is -0.112. The molecule has 0 radical (unpaired) electrons. The van der Waals surface area contributed by atoms with Gasteiger partial charge < -0.3 is 19.4 Å². The van der Waals surface area contributed by atoms with Gasteiger partial charge in [-0.15, -0.1) is 11.3 Å². The van der Waals surface area contributed by atoms with Crippen molar-refractivity contribution in [3.05, 3.63) is 39.5 Å². The topological polar surface area (TPSA) is 95.6 Å². The summed E-state index contributed by atoms with van der Waals surface area (Å²) in [5, 5.41) is 12.9. The van der Waals surface area contributed by atoms with E-state index in [0.717, 1.165) is 67.9 Å². The number of rotatable bonds is 6. The molecule has 1 N–H and O–H groups in total. The molecule has 1 aliphatic heterocycles. The Labute approximate surface area is 198 Å². The van der Waals surface area contributed by atoms with Crippen LogP contribution in [0.4, 0.5) is 10.9 Å². The van der Waals surface area contributed by atoms with E-state index in [1.165, 1.54) is 30.3 Å². The maximum absolute atomic E-state index is 12.9. The standard InChI is InChI=1S/C25H29N3O4S/c1-2-31-25(30)22-19-9-5-6-10-20(19)33-24(22)27-23(29)17(16-26)15-18-11-12-21(32-18)28-13-7-3-4-8-14-28/h11-12,15H,2-10,13-14H2,1H3,(H,27,29)/b17-15+. The van der Waals surface area contributed by atoms with E-state index in [4.69, 9.17) is 9.15 Å². The van der Waals surface area contributed by atoms with Crippen molar-refractivity contribution in [2.24, 2.45) is 0 Å². The average molecular weight is 468 g/mol. The molecule has 1 saturated heterocycles. The lowest BCUT2D eigenvalue weighted by atomic mass is 9.95. The molecular weight excluding hydrogens is 438 g/mol. The van der Waals surface area contributed by atoms with Crippen LogP contribution in [0, 0.1) is 11.3 Å². The number of fused-ring (bicyclic) bond motifs is 1. The first-order chi connectivity index (χ1) is 16.1. The third kappa shape index (κ3) is 5.31. The van der Waals surface area contributed by atoms with Crippen LogP contribution < -0.4 is 10.2 Å². The van der Waals surface area contributed by atoms with E-state index in [-0.39, 0.29) is 12.2 Å². The average Bonchev–Trinajstić information content (AvgIpc) is 3.32. The molecule has 4 rings (SSSR count). The predicted molar refractivity (Wildman–Crippen MR) is 129 cm³/mol. The van der Waals surface area contributed by atoms with Crippen LogP contribution >= 0.6 is 11.3 Å². The molecule has 1 amide bonds. The van der Waals surface area contributed by atoms with Crippen molar-refractivity contribution in [3.63, 3.8) is 0 Å². The summed E-state index contributed by atoms with van der Waals surface area (Å²) < 4.78 is 11.2. The van der Waals surface area contributed by atoms with E-state index >= 15 is 0 Å². The second-order valence-corrected chi connectivity index (χ2v) is 9.44. The molecule has 8 heteroatoms. The summed E-state index contributed by atoms with van der Waals surface area (Å²) in [7, 11) is 0. The predicted octanol–water partition coefficient (Wildman–Crippen LogP) is 5.32. The van der Waals surface area contributed by atoms with Crippen LogP contribution in [-0.2, 0) is 22.4 Å². The molecule has 0 spiro atoms. The van der Waals surface area contributed by atoms with E-state index in [0.29, 0.717) is 16.3 Å². The molecule has 2 aromatic heterocycles. The number of hydrogen-bond acceptors (Lipinski definition) is 7. The zero-order valence-corrected chi connectivity index (χ0v) is 19.8. The minimum atomic E-state index is -0.561. The number of carbonyl (C=O) groups is 2. The van der Waals surface area contributed by atoms with Crippen LogP contribution in [0.3, 0.4) is 0 Å². The second kappa shape index (κ2) is 10.7. The zero-order valence-electron chi connectivity index (χ0n) is 18.9. The van der Waals surface area contributed by atoms with E-state index in [1.54, 1.807) is 13.0 Å². The maximum atomic E-state index is 12.9. The van der Waals surface area contributed by atoms with Gasteiger partial charge in [0.15, 0.2) is 5.88 Å². The Morgan fingerprint density at radius 2 is 1.94 bits per heavy atom. The molecule has 1 fully saturated rings. The molecule has 0 saturated carbocycles. The van der Waals surface area contributed by atoms with Crippen LogP contribution in [-0.4, -0.2) is 31.6 Å². The van der Waals surface area contributed by atoms with E-state index in [1.807, 2.05) is 12.1 Å². The number of aryl methyl sites for hydroxylation is 1. The van der Waals surface area contributed by atoms with Crippen LogP contribution in [0.2, 0.25) is 0 Å². The summed E-state index contributed by atoms with van der Waals surface area (Å²) in [6.45, 7) is 3.91. The van der Waals surface area contributed by atoms with Gasteiger partial charge in [-0.05, 0) is 57.1 Å². The summed E-state index contributed by atoms with van der Waals surface area (Å²) in [5.41, 5.74) is 1.33. The Bertz CT molecular complexity index is 1080. The highest BCUT2D eigenvalue weighted by molar-refractivity contribution is 7.17. The van der Waals surface area contributed by atoms with Crippen LogP contribution in [0.15, 0.2) is 22.1 Å². The lowest BCUT2D eigenvalue weighted by Gasteiger charge is -2.18. The highest BCUT2D eigenvalue weighted by Crippen LogP contribution is 2.39. The number of nitrogens with zero attached hydrogens (tertiary/aromatic N) is 2. The fourth-order valence-corrected chi connectivity index (χ4v) is 5.69. The van der Waals surface area contributed by atoms with Gasteiger partial charge in [0.05, 0.1) is 12.2 Å². The summed E-state index contributed by atoms with van der Waals surface area (Å²) in [6, 6.07) is 5.63. The minimum Gasteiger partial charge on any atom is -0.462 e. The molecule has 1 aliphatic carbocycles. The molecule has 0 atom stereocenters. The van der Waals surface area contributed by atoms with E-state index < -0.39 is 11.9 Å². The zero-order chi connectivity index (χ0) is 23.2. The normalized spacial score (nSPS) is 16.5. The van der Waals surface area contributed by atoms with Crippen LogP contribution in [0.1, 0.15) is 72.0 Å². The highest BCUT2D eigenvalue weighted by Gasteiger charge is 2.28. The van der Waals surface area contributed by atoms with Crippen molar-refractivity contribution in [2.75, 3.05) is 29.9 Å². The smallest absolute Gasteiger partial charge is 0.341 e. The molecule has 7 nitrogen and oxygen atoms in total. The van der Waals surface area contributed by atoms with Crippen molar-refractivity contribution in [2.45, 2.75) is 58.3 Å². The van der Waals surface area contributed by atoms with Gasteiger partial charge in [-0.1, -0.05) is 12.8 Å². The number of nitriles is 1. The van der Waals surface area contributed by atoms with Crippen molar-refractivity contribution in [1.82, 2.24) is 0 Å². The van der Waals surface area contributed by atoms with Gasteiger partial charge in [0.25, 0.3) is 5.91 Å². The van der Waals surface area contributed by atoms with Crippen LogP contribution in [0.25, 0.3) is 6.08 Å². The van der Waals surface area contributed by atoms with Gasteiger partial charge in [-0.3, -0.25) is 4.79 Å². The molecule has 0 aromatic carbocycles. The number of esters is 1. The molecule has 33 heavy (non-hydrogen) atoms. The first kappa shape index (κ1) is 23.1. The van der Waals surface area contributed by atoms with Crippen molar-refractivity contribution < 1.29 is 18.7 Å². The van der Waals surface area contributed by atoms with Crippen LogP contribution in [0.5, 0.6) is 0 Å². The SMILES string of the molecule is CCOC(=O)c1c(NC(=O)/C(C#N)=C/c2ccc(N3CCCCCC3)o2)sc2c1CCCC2. The highest BCUT2D eigenvalue weighted by atomic mass is 32.1. The number of hydrogen-bond donors (Lipinski definition) is 1. The molecule has 174 valence electrons. The van der Waals surface area contributed by atoms with Crippen molar-refractivity contribution in [1.29, 1.82) is 5.26 Å².